The molecule has 0 bridgehead atoms. The molecule has 1 aromatic heterocycles. The van der Waals surface area contributed by atoms with E-state index in [0.717, 1.165) is 23.5 Å². The third kappa shape index (κ3) is 3.65. The van der Waals surface area contributed by atoms with Crippen LogP contribution in [0.15, 0.2) is 24.3 Å². The molecule has 112 valence electrons. The second-order valence-electron chi connectivity index (χ2n) is 5.10. The van der Waals surface area contributed by atoms with Gasteiger partial charge in [-0.05, 0) is 39.0 Å². The van der Waals surface area contributed by atoms with Crippen LogP contribution in [0.4, 0.5) is 14.5 Å². The Bertz CT molecular complexity index is 667. The summed E-state index contributed by atoms with van der Waals surface area (Å²) in [5, 5.41) is 6.87. The summed E-state index contributed by atoms with van der Waals surface area (Å²) in [6, 6.07) is 5.08. The lowest BCUT2D eigenvalue weighted by Gasteiger charge is -2.14. The number of hydrogen-bond acceptors (Lipinski definition) is 2. The van der Waals surface area contributed by atoms with Crippen molar-refractivity contribution in [2.45, 2.75) is 33.2 Å². The van der Waals surface area contributed by atoms with Gasteiger partial charge < -0.3 is 5.32 Å². The maximum absolute atomic E-state index is 13.1. The van der Waals surface area contributed by atoms with Gasteiger partial charge in [0.05, 0.1) is 11.7 Å². The Kier molecular flexibility index (Phi) is 4.35. The molecular weight excluding hydrogens is 276 g/mol. The number of amides is 1. The Morgan fingerprint density at radius 1 is 1.29 bits per heavy atom. The standard InChI is InChI=1S/C15H17F2N3O/c1-9-6-10(2)20(19-9)11(3)7-15(21)18-12-4-5-13(16)14(17)8-12/h4-6,8,11H,7H2,1-3H3,(H,18,21)/t11-/m0/s1. The van der Waals surface area contributed by atoms with Crippen LogP contribution in [0.25, 0.3) is 0 Å². The molecule has 21 heavy (non-hydrogen) atoms. The fraction of sp³-hybridized carbons (Fsp3) is 0.333. The molecule has 1 amide bonds. The summed E-state index contributed by atoms with van der Waals surface area (Å²) in [7, 11) is 0. The van der Waals surface area contributed by atoms with Crippen molar-refractivity contribution in [1.29, 1.82) is 0 Å². The summed E-state index contributed by atoms with van der Waals surface area (Å²) in [5.74, 6) is -2.20. The summed E-state index contributed by atoms with van der Waals surface area (Å²) in [6.07, 6.45) is 0.195. The molecule has 6 heteroatoms. The lowest BCUT2D eigenvalue weighted by Crippen LogP contribution is -2.19. The first-order valence-corrected chi connectivity index (χ1v) is 6.64. The minimum Gasteiger partial charge on any atom is -0.326 e. The molecule has 2 aromatic rings. The van der Waals surface area contributed by atoms with Gasteiger partial charge in [0.2, 0.25) is 5.91 Å². The van der Waals surface area contributed by atoms with Gasteiger partial charge in [0.1, 0.15) is 0 Å². The first kappa shape index (κ1) is 15.2. The van der Waals surface area contributed by atoms with Crippen LogP contribution in [0.1, 0.15) is 30.8 Å². The molecule has 0 aliphatic heterocycles. The summed E-state index contributed by atoms with van der Waals surface area (Å²) in [5.41, 5.74) is 2.10. The van der Waals surface area contributed by atoms with E-state index in [1.807, 2.05) is 26.8 Å². The Labute approximate surface area is 121 Å². The van der Waals surface area contributed by atoms with E-state index in [-0.39, 0.29) is 24.1 Å². The van der Waals surface area contributed by atoms with Crippen LogP contribution < -0.4 is 5.32 Å². The Hall–Kier alpha value is -2.24. The van der Waals surface area contributed by atoms with Crippen molar-refractivity contribution in [3.8, 4) is 0 Å². The zero-order chi connectivity index (χ0) is 15.6. The van der Waals surface area contributed by atoms with Crippen molar-refractivity contribution < 1.29 is 13.6 Å². The molecule has 0 saturated carbocycles. The SMILES string of the molecule is Cc1cc(C)n([C@@H](C)CC(=O)Nc2ccc(F)c(F)c2)n1. The summed E-state index contributed by atoms with van der Waals surface area (Å²) in [6.45, 7) is 5.69. The number of aryl methyl sites for hydroxylation is 2. The largest absolute Gasteiger partial charge is 0.326 e. The van der Waals surface area contributed by atoms with E-state index in [1.54, 1.807) is 4.68 Å². The molecule has 0 radical (unpaired) electrons. The highest BCUT2D eigenvalue weighted by Gasteiger charge is 2.14. The average Bonchev–Trinajstić information content (AvgIpc) is 2.73. The van der Waals surface area contributed by atoms with Gasteiger partial charge in [0, 0.05) is 23.9 Å². The lowest BCUT2D eigenvalue weighted by atomic mass is 10.2. The second-order valence-corrected chi connectivity index (χ2v) is 5.10. The fourth-order valence-electron chi connectivity index (χ4n) is 2.23. The molecule has 1 atom stereocenters. The molecule has 0 aliphatic carbocycles. The number of nitrogens with zero attached hydrogens (tertiary/aromatic N) is 2. The lowest BCUT2D eigenvalue weighted by molar-refractivity contribution is -0.116. The number of rotatable bonds is 4. The molecule has 2 rings (SSSR count). The molecular formula is C15H17F2N3O. The van der Waals surface area contributed by atoms with Crippen LogP contribution in [0.5, 0.6) is 0 Å². The van der Waals surface area contributed by atoms with E-state index < -0.39 is 11.6 Å². The van der Waals surface area contributed by atoms with Crippen molar-refractivity contribution in [1.82, 2.24) is 9.78 Å². The Morgan fingerprint density at radius 3 is 2.57 bits per heavy atom. The number of hydrogen-bond donors (Lipinski definition) is 1. The topological polar surface area (TPSA) is 46.9 Å². The maximum Gasteiger partial charge on any atom is 0.226 e. The van der Waals surface area contributed by atoms with E-state index in [9.17, 15) is 13.6 Å². The molecule has 0 fully saturated rings. The van der Waals surface area contributed by atoms with Crippen molar-refractivity contribution in [2.24, 2.45) is 0 Å². The third-order valence-corrected chi connectivity index (χ3v) is 3.15. The van der Waals surface area contributed by atoms with Gasteiger partial charge in [-0.15, -0.1) is 0 Å². The van der Waals surface area contributed by atoms with Crippen LogP contribution in [0.2, 0.25) is 0 Å². The minimum absolute atomic E-state index is 0.121. The molecule has 1 heterocycles. The summed E-state index contributed by atoms with van der Waals surface area (Å²) < 4.78 is 27.7. The van der Waals surface area contributed by atoms with E-state index in [1.165, 1.54) is 6.07 Å². The third-order valence-electron chi connectivity index (χ3n) is 3.15. The molecule has 0 saturated heterocycles. The van der Waals surface area contributed by atoms with Crippen LogP contribution >= 0.6 is 0 Å². The predicted octanol–water partition coefficient (Wildman–Crippen LogP) is 3.37. The van der Waals surface area contributed by atoms with Crippen molar-refractivity contribution in [2.75, 3.05) is 5.32 Å². The molecule has 1 aromatic carbocycles. The normalized spacial score (nSPS) is 12.2. The van der Waals surface area contributed by atoms with Gasteiger partial charge in [-0.25, -0.2) is 8.78 Å². The van der Waals surface area contributed by atoms with E-state index >= 15 is 0 Å². The molecule has 0 spiro atoms. The van der Waals surface area contributed by atoms with Gasteiger partial charge in [0.25, 0.3) is 0 Å². The highest BCUT2D eigenvalue weighted by Crippen LogP contribution is 2.17. The van der Waals surface area contributed by atoms with E-state index in [4.69, 9.17) is 0 Å². The number of aromatic nitrogens is 2. The number of carbonyl (C=O) groups is 1. The quantitative estimate of drug-likeness (QED) is 0.939. The predicted molar refractivity (Wildman–Crippen MR) is 76.0 cm³/mol. The van der Waals surface area contributed by atoms with Crippen LogP contribution in [0.3, 0.4) is 0 Å². The molecule has 4 nitrogen and oxygen atoms in total. The van der Waals surface area contributed by atoms with E-state index in [0.29, 0.717) is 0 Å². The van der Waals surface area contributed by atoms with Crippen molar-refractivity contribution >= 4 is 11.6 Å². The monoisotopic (exact) mass is 293 g/mol. The molecule has 0 aliphatic rings. The number of anilines is 1. The Balaban J connectivity index is 2.01. The van der Waals surface area contributed by atoms with E-state index in [2.05, 4.69) is 10.4 Å². The first-order chi connectivity index (χ1) is 9.86. The van der Waals surface area contributed by atoms with Gasteiger partial charge in [-0.1, -0.05) is 0 Å². The van der Waals surface area contributed by atoms with Crippen molar-refractivity contribution in [3.05, 3.63) is 47.3 Å². The molecule has 0 unspecified atom stereocenters. The minimum atomic E-state index is -0.987. The van der Waals surface area contributed by atoms with Crippen molar-refractivity contribution in [3.63, 3.8) is 0 Å². The van der Waals surface area contributed by atoms with Gasteiger partial charge >= 0.3 is 0 Å². The summed E-state index contributed by atoms with van der Waals surface area (Å²) >= 11 is 0. The zero-order valence-corrected chi connectivity index (χ0v) is 12.2. The smallest absolute Gasteiger partial charge is 0.226 e. The fourth-order valence-corrected chi connectivity index (χ4v) is 2.23. The zero-order valence-electron chi connectivity index (χ0n) is 12.2. The van der Waals surface area contributed by atoms with Crippen LogP contribution in [-0.2, 0) is 4.79 Å². The maximum atomic E-state index is 13.1. The van der Waals surface area contributed by atoms with Crippen LogP contribution in [0, 0.1) is 25.5 Å². The summed E-state index contributed by atoms with van der Waals surface area (Å²) in [4.78, 5) is 11.9. The highest BCUT2D eigenvalue weighted by atomic mass is 19.2. The molecule has 1 N–H and O–H groups in total. The van der Waals surface area contributed by atoms with Gasteiger partial charge in [-0.3, -0.25) is 9.48 Å². The number of halogens is 2. The number of nitrogens with one attached hydrogen (secondary N) is 1. The number of carbonyl (C=O) groups excluding carboxylic acids is 1. The number of benzene rings is 1. The second kappa shape index (κ2) is 6.03. The van der Waals surface area contributed by atoms with Gasteiger partial charge in [-0.2, -0.15) is 5.10 Å². The Morgan fingerprint density at radius 2 is 2.00 bits per heavy atom. The highest BCUT2D eigenvalue weighted by molar-refractivity contribution is 5.90. The first-order valence-electron chi connectivity index (χ1n) is 6.64. The van der Waals surface area contributed by atoms with Gasteiger partial charge in [0.15, 0.2) is 11.6 Å². The average molecular weight is 293 g/mol. The van der Waals surface area contributed by atoms with Crippen LogP contribution in [-0.4, -0.2) is 15.7 Å².